The number of aryl methyl sites for hydroxylation is 1. The molecule has 2 amide bonds. The molecule has 8 heteroatoms. The Labute approximate surface area is 196 Å². The molecule has 0 bridgehead atoms. The fourth-order valence-electron chi connectivity index (χ4n) is 4.84. The molecule has 8 nitrogen and oxygen atoms in total. The van der Waals surface area contributed by atoms with Gasteiger partial charge in [-0.1, -0.05) is 18.6 Å². The highest BCUT2D eigenvalue weighted by Gasteiger charge is 2.34. The molecule has 2 heterocycles. The van der Waals surface area contributed by atoms with Crippen LogP contribution in [0.15, 0.2) is 18.2 Å². The van der Waals surface area contributed by atoms with Gasteiger partial charge in [0.2, 0.25) is 5.91 Å². The number of hydrogen-bond acceptors (Lipinski definition) is 5. The summed E-state index contributed by atoms with van der Waals surface area (Å²) in [6.45, 7) is 12.1. The van der Waals surface area contributed by atoms with E-state index in [0.717, 1.165) is 30.0 Å². The third-order valence-corrected chi connectivity index (χ3v) is 6.70. The number of likely N-dealkylation sites (tertiary alicyclic amines) is 1. The van der Waals surface area contributed by atoms with Crippen molar-refractivity contribution in [3.05, 3.63) is 23.8 Å². The van der Waals surface area contributed by atoms with Gasteiger partial charge in [-0.2, -0.15) is 4.68 Å². The SMILES string of the molecule is Cc1ccc2c(c1)c(NCC(=O)NC1CN(C3CCC(C)CC3)C1)nn2C(=O)NC(C)(C)C. The van der Waals surface area contributed by atoms with Crippen molar-refractivity contribution in [3.63, 3.8) is 0 Å². The Morgan fingerprint density at radius 1 is 1.12 bits per heavy atom. The van der Waals surface area contributed by atoms with E-state index < -0.39 is 0 Å². The lowest BCUT2D eigenvalue weighted by Crippen LogP contribution is -2.63. The molecule has 0 unspecified atom stereocenters. The van der Waals surface area contributed by atoms with Crippen LogP contribution in [0.3, 0.4) is 0 Å². The molecule has 1 saturated heterocycles. The topological polar surface area (TPSA) is 91.3 Å². The van der Waals surface area contributed by atoms with Crippen LogP contribution in [0, 0.1) is 12.8 Å². The molecule has 2 aromatic rings. The van der Waals surface area contributed by atoms with Gasteiger partial charge in [-0.3, -0.25) is 9.69 Å². The lowest BCUT2D eigenvalue weighted by Gasteiger charge is -2.46. The summed E-state index contributed by atoms with van der Waals surface area (Å²) in [5, 5.41) is 14.5. The monoisotopic (exact) mass is 454 g/mol. The van der Waals surface area contributed by atoms with Crippen LogP contribution in [0.1, 0.15) is 58.9 Å². The zero-order valence-electron chi connectivity index (χ0n) is 20.6. The Morgan fingerprint density at radius 3 is 2.48 bits per heavy atom. The van der Waals surface area contributed by atoms with Gasteiger partial charge in [0.1, 0.15) is 0 Å². The van der Waals surface area contributed by atoms with Crippen molar-refractivity contribution >= 4 is 28.7 Å². The Balaban J connectivity index is 1.34. The van der Waals surface area contributed by atoms with Crippen LogP contribution in [-0.4, -0.2) is 63.9 Å². The van der Waals surface area contributed by atoms with Crippen LogP contribution in [0.4, 0.5) is 10.6 Å². The van der Waals surface area contributed by atoms with Crippen molar-refractivity contribution in [3.8, 4) is 0 Å². The predicted octanol–water partition coefficient (Wildman–Crippen LogP) is 3.49. The average Bonchev–Trinajstić information content (AvgIpc) is 3.06. The zero-order chi connectivity index (χ0) is 23.8. The lowest BCUT2D eigenvalue weighted by atomic mass is 9.85. The van der Waals surface area contributed by atoms with Crippen molar-refractivity contribution in [2.24, 2.45) is 5.92 Å². The Hall–Kier alpha value is -2.61. The quantitative estimate of drug-likeness (QED) is 0.643. The summed E-state index contributed by atoms with van der Waals surface area (Å²) < 4.78 is 1.37. The Bertz CT molecular complexity index is 1010. The summed E-state index contributed by atoms with van der Waals surface area (Å²) in [7, 11) is 0. The number of hydrogen-bond donors (Lipinski definition) is 3. The minimum absolute atomic E-state index is 0.0496. The van der Waals surface area contributed by atoms with E-state index in [4.69, 9.17) is 0 Å². The van der Waals surface area contributed by atoms with Gasteiger partial charge in [-0.05, 0) is 71.4 Å². The van der Waals surface area contributed by atoms with E-state index in [1.54, 1.807) is 0 Å². The first-order valence-corrected chi connectivity index (χ1v) is 12.2. The van der Waals surface area contributed by atoms with Gasteiger partial charge in [-0.25, -0.2) is 4.79 Å². The summed E-state index contributed by atoms with van der Waals surface area (Å²) in [4.78, 5) is 27.8. The smallest absolute Gasteiger partial charge is 0.343 e. The van der Waals surface area contributed by atoms with Crippen LogP contribution < -0.4 is 16.0 Å². The maximum absolute atomic E-state index is 12.8. The summed E-state index contributed by atoms with van der Waals surface area (Å²) in [5.74, 6) is 1.35. The molecule has 1 aromatic heterocycles. The van der Waals surface area contributed by atoms with E-state index in [1.807, 2.05) is 45.9 Å². The second-order valence-electron chi connectivity index (χ2n) is 10.9. The highest BCUT2D eigenvalue weighted by Crippen LogP contribution is 2.29. The minimum atomic E-state index is -0.375. The number of aromatic nitrogens is 2. The summed E-state index contributed by atoms with van der Waals surface area (Å²) in [6.07, 6.45) is 5.19. The van der Waals surface area contributed by atoms with E-state index in [2.05, 4.69) is 32.9 Å². The number of amides is 2. The Morgan fingerprint density at radius 2 is 1.82 bits per heavy atom. The number of anilines is 1. The number of fused-ring (bicyclic) bond motifs is 1. The molecule has 1 aliphatic heterocycles. The molecule has 2 fully saturated rings. The normalized spacial score (nSPS) is 22.1. The third-order valence-electron chi connectivity index (χ3n) is 6.70. The van der Waals surface area contributed by atoms with Crippen molar-refractivity contribution in [2.75, 3.05) is 25.0 Å². The molecule has 3 N–H and O–H groups in total. The van der Waals surface area contributed by atoms with E-state index >= 15 is 0 Å². The number of benzene rings is 1. The molecular weight excluding hydrogens is 416 g/mol. The number of rotatable bonds is 5. The lowest BCUT2D eigenvalue weighted by molar-refractivity contribution is -0.121. The maximum Gasteiger partial charge on any atom is 0.343 e. The molecular formula is C25H38N6O2. The first-order valence-electron chi connectivity index (χ1n) is 12.2. The standard InChI is InChI=1S/C25H38N6O2/c1-16-6-9-19(10-7-16)30-14-18(15-30)27-22(32)13-26-23-20-12-17(2)8-11-21(20)31(29-23)24(33)28-25(3,4)5/h8,11-12,16,18-19H,6-7,9-10,13-15H2,1-5H3,(H,26,29)(H,27,32)(H,28,33). The van der Waals surface area contributed by atoms with Gasteiger partial charge in [0, 0.05) is 30.1 Å². The first-order chi connectivity index (χ1) is 15.6. The van der Waals surface area contributed by atoms with Gasteiger partial charge in [0.05, 0.1) is 18.1 Å². The maximum atomic E-state index is 12.8. The molecule has 1 aromatic carbocycles. The predicted molar refractivity (Wildman–Crippen MR) is 132 cm³/mol. The largest absolute Gasteiger partial charge is 0.359 e. The van der Waals surface area contributed by atoms with E-state index in [1.165, 1.54) is 30.4 Å². The van der Waals surface area contributed by atoms with Crippen LogP contribution in [-0.2, 0) is 4.79 Å². The summed E-state index contributed by atoms with van der Waals surface area (Å²) >= 11 is 0. The first kappa shape index (κ1) is 23.5. The second-order valence-corrected chi connectivity index (χ2v) is 10.9. The van der Waals surface area contributed by atoms with Gasteiger partial charge >= 0.3 is 6.03 Å². The molecule has 4 rings (SSSR count). The fraction of sp³-hybridized carbons (Fsp3) is 0.640. The number of carbonyl (C=O) groups excluding carboxylic acids is 2. The molecule has 1 aliphatic carbocycles. The van der Waals surface area contributed by atoms with Crippen molar-refractivity contribution in [1.29, 1.82) is 0 Å². The third kappa shape index (κ3) is 5.66. The second kappa shape index (κ2) is 9.33. The molecule has 0 radical (unpaired) electrons. The van der Waals surface area contributed by atoms with Crippen molar-refractivity contribution < 1.29 is 9.59 Å². The summed E-state index contributed by atoms with van der Waals surface area (Å²) in [6, 6.07) is 6.44. The fourth-order valence-corrected chi connectivity index (χ4v) is 4.84. The molecule has 1 saturated carbocycles. The zero-order valence-corrected chi connectivity index (χ0v) is 20.6. The number of carbonyl (C=O) groups is 2. The average molecular weight is 455 g/mol. The van der Waals surface area contributed by atoms with Crippen LogP contribution in [0.25, 0.3) is 10.9 Å². The highest BCUT2D eigenvalue weighted by atomic mass is 16.2. The van der Waals surface area contributed by atoms with Gasteiger partial charge in [-0.15, -0.1) is 5.10 Å². The molecule has 0 atom stereocenters. The van der Waals surface area contributed by atoms with Crippen LogP contribution >= 0.6 is 0 Å². The van der Waals surface area contributed by atoms with Crippen molar-refractivity contribution in [2.45, 2.75) is 77.9 Å². The molecule has 0 spiro atoms. The van der Waals surface area contributed by atoms with Gasteiger partial charge < -0.3 is 16.0 Å². The number of nitrogens with zero attached hydrogens (tertiary/aromatic N) is 3. The number of nitrogens with one attached hydrogen (secondary N) is 3. The Kier molecular flexibility index (Phi) is 6.66. The molecule has 2 aliphatic rings. The van der Waals surface area contributed by atoms with Gasteiger partial charge in [0.25, 0.3) is 0 Å². The van der Waals surface area contributed by atoms with Gasteiger partial charge in [0.15, 0.2) is 5.82 Å². The van der Waals surface area contributed by atoms with E-state index in [9.17, 15) is 9.59 Å². The summed E-state index contributed by atoms with van der Waals surface area (Å²) in [5.41, 5.74) is 1.40. The van der Waals surface area contributed by atoms with E-state index in [0.29, 0.717) is 17.4 Å². The van der Waals surface area contributed by atoms with Crippen LogP contribution in [0.2, 0.25) is 0 Å². The van der Waals surface area contributed by atoms with Crippen molar-refractivity contribution in [1.82, 2.24) is 25.3 Å². The molecule has 180 valence electrons. The highest BCUT2D eigenvalue weighted by molar-refractivity contribution is 5.98. The van der Waals surface area contributed by atoms with E-state index in [-0.39, 0.29) is 30.1 Å². The van der Waals surface area contributed by atoms with Crippen LogP contribution in [0.5, 0.6) is 0 Å². The molecule has 33 heavy (non-hydrogen) atoms. The minimum Gasteiger partial charge on any atom is -0.359 e.